The Kier molecular flexibility index (Phi) is 1.98. The maximum Gasteiger partial charge on any atom is 0.306 e. The van der Waals surface area contributed by atoms with Crippen LogP contribution in [0.2, 0.25) is 0 Å². The quantitative estimate of drug-likeness (QED) is 0.645. The van der Waals surface area contributed by atoms with E-state index in [2.05, 4.69) is 0 Å². The van der Waals surface area contributed by atoms with Crippen molar-refractivity contribution in [2.75, 3.05) is 0 Å². The molecule has 0 aromatic heterocycles. The Balaban J connectivity index is 2.00. The van der Waals surface area contributed by atoms with Crippen LogP contribution in [0.4, 0.5) is 0 Å². The monoisotopic (exact) mass is 184 g/mol. The van der Waals surface area contributed by atoms with Crippen molar-refractivity contribution in [3.63, 3.8) is 0 Å². The third-order valence-corrected chi connectivity index (χ3v) is 3.03. The molecule has 0 aromatic rings. The van der Waals surface area contributed by atoms with Gasteiger partial charge in [-0.15, -0.1) is 0 Å². The highest BCUT2D eigenvalue weighted by Gasteiger charge is 2.45. The van der Waals surface area contributed by atoms with Crippen molar-refractivity contribution < 1.29 is 19.4 Å². The standard InChI is InChI=1S/C9H12O4/c10-8(11)3-5-1-2-7-6(5)4-9(12)13-7/h5-7H,1-4H2,(H,10,11)/t5-,6+,7-/m1/s1. The zero-order valence-corrected chi connectivity index (χ0v) is 7.23. The van der Waals surface area contributed by atoms with Gasteiger partial charge in [-0.3, -0.25) is 9.59 Å². The third kappa shape index (κ3) is 1.53. The van der Waals surface area contributed by atoms with Gasteiger partial charge in [0.05, 0.1) is 6.42 Å². The number of hydrogen-bond acceptors (Lipinski definition) is 3. The summed E-state index contributed by atoms with van der Waals surface area (Å²) >= 11 is 0. The summed E-state index contributed by atoms with van der Waals surface area (Å²) in [5.74, 6) is -0.618. The average molecular weight is 184 g/mol. The van der Waals surface area contributed by atoms with Crippen LogP contribution in [-0.2, 0) is 14.3 Å². The number of rotatable bonds is 2. The van der Waals surface area contributed by atoms with Gasteiger partial charge < -0.3 is 9.84 Å². The highest BCUT2D eigenvalue weighted by molar-refractivity contribution is 5.73. The molecule has 2 fully saturated rings. The van der Waals surface area contributed by atoms with E-state index in [0.29, 0.717) is 6.42 Å². The van der Waals surface area contributed by atoms with Gasteiger partial charge in [-0.1, -0.05) is 0 Å². The van der Waals surface area contributed by atoms with Crippen molar-refractivity contribution in [1.82, 2.24) is 0 Å². The summed E-state index contributed by atoms with van der Waals surface area (Å²) in [5, 5.41) is 8.63. The molecular weight excluding hydrogens is 172 g/mol. The number of ether oxygens (including phenoxy) is 1. The van der Waals surface area contributed by atoms with E-state index in [0.717, 1.165) is 12.8 Å². The minimum Gasteiger partial charge on any atom is -0.481 e. The summed E-state index contributed by atoms with van der Waals surface area (Å²) < 4.78 is 5.07. The van der Waals surface area contributed by atoms with E-state index < -0.39 is 5.97 Å². The fraction of sp³-hybridized carbons (Fsp3) is 0.778. The molecule has 0 unspecified atom stereocenters. The zero-order chi connectivity index (χ0) is 9.42. The Morgan fingerprint density at radius 3 is 3.00 bits per heavy atom. The highest BCUT2D eigenvalue weighted by atomic mass is 16.6. The molecule has 1 aliphatic heterocycles. The molecular formula is C9H12O4. The number of carboxylic acid groups (broad SMARTS) is 1. The van der Waals surface area contributed by atoms with Gasteiger partial charge in [0.15, 0.2) is 0 Å². The summed E-state index contributed by atoms with van der Waals surface area (Å²) in [6, 6.07) is 0. The van der Waals surface area contributed by atoms with Crippen LogP contribution in [0.1, 0.15) is 25.7 Å². The highest BCUT2D eigenvalue weighted by Crippen LogP contribution is 2.42. The van der Waals surface area contributed by atoms with Gasteiger partial charge in [-0.05, 0) is 18.8 Å². The van der Waals surface area contributed by atoms with Crippen LogP contribution in [0, 0.1) is 11.8 Å². The van der Waals surface area contributed by atoms with Crippen LogP contribution in [0.25, 0.3) is 0 Å². The molecule has 2 aliphatic rings. The maximum absolute atomic E-state index is 10.9. The normalized spacial score (nSPS) is 37.2. The lowest BCUT2D eigenvalue weighted by Crippen LogP contribution is -2.16. The van der Waals surface area contributed by atoms with Gasteiger partial charge in [-0.25, -0.2) is 0 Å². The largest absolute Gasteiger partial charge is 0.481 e. The maximum atomic E-state index is 10.9. The minimum absolute atomic E-state index is 0.0110. The first-order valence-electron chi connectivity index (χ1n) is 4.58. The second kappa shape index (κ2) is 3.01. The molecule has 0 spiro atoms. The summed E-state index contributed by atoms with van der Waals surface area (Å²) in [7, 11) is 0. The number of aliphatic carboxylic acids is 1. The Morgan fingerprint density at radius 1 is 1.54 bits per heavy atom. The van der Waals surface area contributed by atoms with E-state index in [1.165, 1.54) is 0 Å². The topological polar surface area (TPSA) is 63.6 Å². The zero-order valence-electron chi connectivity index (χ0n) is 7.23. The van der Waals surface area contributed by atoms with Gasteiger partial charge in [-0.2, -0.15) is 0 Å². The van der Waals surface area contributed by atoms with Gasteiger partial charge >= 0.3 is 11.9 Å². The van der Waals surface area contributed by atoms with Crippen molar-refractivity contribution in [2.24, 2.45) is 11.8 Å². The molecule has 0 radical (unpaired) electrons. The summed E-state index contributed by atoms with van der Waals surface area (Å²) in [6.45, 7) is 0. The molecule has 1 N–H and O–H groups in total. The van der Waals surface area contributed by atoms with Gasteiger partial charge in [0.2, 0.25) is 0 Å². The predicted octanol–water partition coefficient (Wildman–Crippen LogP) is 0.803. The fourth-order valence-electron chi connectivity index (χ4n) is 2.44. The van der Waals surface area contributed by atoms with E-state index in [4.69, 9.17) is 9.84 Å². The molecule has 1 aliphatic carbocycles. The van der Waals surface area contributed by atoms with Crippen molar-refractivity contribution in [3.8, 4) is 0 Å². The van der Waals surface area contributed by atoms with E-state index in [9.17, 15) is 9.59 Å². The van der Waals surface area contributed by atoms with Crippen LogP contribution in [0.15, 0.2) is 0 Å². The van der Waals surface area contributed by atoms with E-state index in [1.807, 2.05) is 0 Å². The van der Waals surface area contributed by atoms with Gasteiger partial charge in [0.25, 0.3) is 0 Å². The SMILES string of the molecule is O=C(O)C[C@H]1CC[C@H]2OC(=O)C[C@@H]12. The Labute approximate surface area is 75.9 Å². The van der Waals surface area contributed by atoms with Crippen molar-refractivity contribution in [3.05, 3.63) is 0 Å². The molecule has 72 valence electrons. The molecule has 4 heteroatoms. The lowest BCUT2D eigenvalue weighted by Gasteiger charge is -2.12. The number of carbonyl (C=O) groups is 2. The Bertz CT molecular complexity index is 248. The van der Waals surface area contributed by atoms with E-state index >= 15 is 0 Å². The molecule has 3 atom stereocenters. The molecule has 0 bridgehead atoms. The second-order valence-corrected chi connectivity index (χ2v) is 3.83. The van der Waals surface area contributed by atoms with Gasteiger partial charge in [0.1, 0.15) is 6.10 Å². The Hall–Kier alpha value is -1.06. The third-order valence-electron chi connectivity index (χ3n) is 3.03. The molecule has 1 saturated carbocycles. The first-order chi connectivity index (χ1) is 6.16. The second-order valence-electron chi connectivity index (χ2n) is 3.83. The minimum atomic E-state index is -0.773. The average Bonchev–Trinajstić information content (AvgIpc) is 2.51. The van der Waals surface area contributed by atoms with Crippen LogP contribution in [-0.4, -0.2) is 23.1 Å². The smallest absolute Gasteiger partial charge is 0.306 e. The van der Waals surface area contributed by atoms with Crippen molar-refractivity contribution >= 4 is 11.9 Å². The predicted molar refractivity (Wildman–Crippen MR) is 43.0 cm³/mol. The molecule has 0 aromatic carbocycles. The first-order valence-corrected chi connectivity index (χ1v) is 4.58. The molecule has 0 amide bonds. The van der Waals surface area contributed by atoms with Crippen molar-refractivity contribution in [1.29, 1.82) is 0 Å². The van der Waals surface area contributed by atoms with E-state index in [1.54, 1.807) is 0 Å². The molecule has 1 heterocycles. The molecule has 1 saturated heterocycles. The number of hydrogen-bond donors (Lipinski definition) is 1. The number of carbonyl (C=O) groups excluding carboxylic acids is 1. The fourth-order valence-corrected chi connectivity index (χ4v) is 2.44. The molecule has 2 rings (SSSR count). The van der Waals surface area contributed by atoms with Crippen LogP contribution in [0.5, 0.6) is 0 Å². The van der Waals surface area contributed by atoms with Crippen LogP contribution < -0.4 is 0 Å². The molecule has 4 nitrogen and oxygen atoms in total. The first kappa shape index (κ1) is 8.53. The Morgan fingerprint density at radius 2 is 2.31 bits per heavy atom. The van der Waals surface area contributed by atoms with Crippen LogP contribution in [0.3, 0.4) is 0 Å². The van der Waals surface area contributed by atoms with Crippen LogP contribution >= 0.6 is 0 Å². The number of fused-ring (bicyclic) bond motifs is 1. The van der Waals surface area contributed by atoms with Crippen molar-refractivity contribution in [2.45, 2.75) is 31.8 Å². The number of esters is 1. The summed E-state index contributed by atoms with van der Waals surface area (Å²) in [5.41, 5.74) is 0. The summed E-state index contributed by atoms with van der Waals surface area (Å²) in [4.78, 5) is 21.4. The molecule has 13 heavy (non-hydrogen) atoms. The summed E-state index contributed by atoms with van der Waals surface area (Å²) in [6.07, 6.45) is 2.33. The lowest BCUT2D eigenvalue weighted by molar-refractivity contribution is -0.141. The van der Waals surface area contributed by atoms with E-state index in [-0.39, 0.29) is 30.3 Å². The lowest BCUT2D eigenvalue weighted by atomic mass is 9.91. The number of carboxylic acids is 1. The van der Waals surface area contributed by atoms with Gasteiger partial charge in [0, 0.05) is 12.3 Å².